The molecule has 0 bridgehead atoms. The molecule has 0 amide bonds. The highest BCUT2D eigenvalue weighted by molar-refractivity contribution is 5.68. The zero-order chi connectivity index (χ0) is 13.8. The highest BCUT2D eigenvalue weighted by Gasteiger charge is 2.12. The van der Waals surface area contributed by atoms with Gasteiger partial charge in [0.05, 0.1) is 18.3 Å². The molecular formula is C13H21N5O. The first-order chi connectivity index (χ1) is 9.15. The summed E-state index contributed by atoms with van der Waals surface area (Å²) in [5, 5.41) is 7.83. The Morgan fingerprint density at radius 2 is 2.26 bits per heavy atom. The third-order valence-corrected chi connectivity index (χ3v) is 2.99. The van der Waals surface area contributed by atoms with E-state index in [4.69, 9.17) is 10.5 Å². The van der Waals surface area contributed by atoms with E-state index in [1.807, 2.05) is 10.7 Å². The molecule has 0 aliphatic carbocycles. The molecule has 1 unspecified atom stereocenters. The summed E-state index contributed by atoms with van der Waals surface area (Å²) < 4.78 is 6.97. The van der Waals surface area contributed by atoms with Crippen molar-refractivity contribution >= 4 is 11.3 Å². The molecule has 1 atom stereocenters. The second-order valence-corrected chi connectivity index (χ2v) is 4.86. The van der Waals surface area contributed by atoms with Crippen molar-refractivity contribution in [3.63, 3.8) is 0 Å². The van der Waals surface area contributed by atoms with Crippen molar-refractivity contribution in [2.24, 2.45) is 5.73 Å². The largest absolute Gasteiger partial charge is 0.383 e. The van der Waals surface area contributed by atoms with Crippen LogP contribution in [0.3, 0.4) is 0 Å². The molecular weight excluding hydrogens is 242 g/mol. The van der Waals surface area contributed by atoms with Gasteiger partial charge in [-0.2, -0.15) is 5.10 Å². The first-order valence-electron chi connectivity index (χ1n) is 6.45. The zero-order valence-corrected chi connectivity index (χ0v) is 11.6. The first-order valence-corrected chi connectivity index (χ1v) is 6.45. The SMILES string of the molecule is COCC(CN)Nc1nccn2nc(C(C)C)cc12. The maximum absolute atomic E-state index is 5.71. The Morgan fingerprint density at radius 1 is 1.47 bits per heavy atom. The molecule has 2 heterocycles. The van der Waals surface area contributed by atoms with Crippen molar-refractivity contribution in [3.05, 3.63) is 24.2 Å². The van der Waals surface area contributed by atoms with Crippen LogP contribution in [0.1, 0.15) is 25.5 Å². The number of aromatic nitrogens is 3. The van der Waals surface area contributed by atoms with E-state index in [0.29, 0.717) is 19.1 Å². The number of hydrogen-bond donors (Lipinski definition) is 2. The van der Waals surface area contributed by atoms with E-state index in [2.05, 4.69) is 35.3 Å². The van der Waals surface area contributed by atoms with E-state index < -0.39 is 0 Å². The standard InChI is InChI=1S/C13H21N5O/c1-9(2)11-6-12-13(15-4-5-18(12)17-11)16-10(7-14)8-19-3/h4-6,9-10H,7-8,14H2,1-3H3,(H,15,16). The van der Waals surface area contributed by atoms with Crippen molar-refractivity contribution in [2.45, 2.75) is 25.8 Å². The van der Waals surface area contributed by atoms with E-state index >= 15 is 0 Å². The third kappa shape index (κ3) is 3.02. The fraction of sp³-hybridized carbons (Fsp3) is 0.538. The number of nitrogens with one attached hydrogen (secondary N) is 1. The first kappa shape index (κ1) is 13.8. The Morgan fingerprint density at radius 3 is 2.89 bits per heavy atom. The molecule has 0 saturated heterocycles. The van der Waals surface area contributed by atoms with Crippen molar-refractivity contribution in [3.8, 4) is 0 Å². The van der Waals surface area contributed by atoms with E-state index in [-0.39, 0.29) is 6.04 Å². The maximum Gasteiger partial charge on any atom is 0.152 e. The minimum absolute atomic E-state index is 0.0427. The Labute approximate surface area is 113 Å². The van der Waals surface area contributed by atoms with Crippen molar-refractivity contribution in [1.82, 2.24) is 14.6 Å². The van der Waals surface area contributed by atoms with E-state index in [0.717, 1.165) is 17.0 Å². The molecule has 0 radical (unpaired) electrons. The molecule has 6 nitrogen and oxygen atoms in total. The Hall–Kier alpha value is -1.66. The van der Waals surface area contributed by atoms with Gasteiger partial charge in [-0.25, -0.2) is 9.50 Å². The number of hydrogen-bond acceptors (Lipinski definition) is 5. The number of fused-ring (bicyclic) bond motifs is 1. The molecule has 6 heteroatoms. The minimum Gasteiger partial charge on any atom is -0.383 e. The molecule has 2 aromatic heterocycles. The van der Waals surface area contributed by atoms with Crippen LogP contribution >= 0.6 is 0 Å². The van der Waals surface area contributed by atoms with E-state index in [1.54, 1.807) is 13.3 Å². The van der Waals surface area contributed by atoms with Gasteiger partial charge < -0.3 is 15.8 Å². The smallest absolute Gasteiger partial charge is 0.152 e. The summed E-state index contributed by atoms with van der Waals surface area (Å²) in [4.78, 5) is 4.37. The van der Waals surface area contributed by atoms with Crippen LogP contribution in [0.2, 0.25) is 0 Å². The van der Waals surface area contributed by atoms with Gasteiger partial charge in [0.2, 0.25) is 0 Å². The van der Waals surface area contributed by atoms with Crippen molar-refractivity contribution in [1.29, 1.82) is 0 Å². The average molecular weight is 263 g/mol. The number of methoxy groups -OCH3 is 1. The normalized spacial score (nSPS) is 13.1. The number of nitrogens with zero attached hydrogens (tertiary/aromatic N) is 3. The fourth-order valence-electron chi connectivity index (χ4n) is 1.90. The van der Waals surface area contributed by atoms with Crippen LogP contribution in [0.25, 0.3) is 5.52 Å². The topological polar surface area (TPSA) is 77.5 Å². The summed E-state index contributed by atoms with van der Waals surface area (Å²) in [5.74, 6) is 1.17. The number of rotatable bonds is 6. The van der Waals surface area contributed by atoms with Gasteiger partial charge in [-0.3, -0.25) is 0 Å². The Kier molecular flexibility index (Phi) is 4.34. The van der Waals surface area contributed by atoms with Crippen LogP contribution in [0.15, 0.2) is 18.5 Å². The van der Waals surface area contributed by atoms with Gasteiger partial charge in [-0.15, -0.1) is 0 Å². The van der Waals surface area contributed by atoms with Crippen LogP contribution in [0.5, 0.6) is 0 Å². The van der Waals surface area contributed by atoms with Gasteiger partial charge in [0.15, 0.2) is 5.82 Å². The lowest BCUT2D eigenvalue weighted by molar-refractivity contribution is 0.187. The van der Waals surface area contributed by atoms with Crippen LogP contribution in [0.4, 0.5) is 5.82 Å². The molecule has 2 rings (SSSR count). The van der Waals surface area contributed by atoms with Crippen LogP contribution in [-0.4, -0.2) is 40.9 Å². The number of anilines is 1. The predicted molar refractivity (Wildman–Crippen MR) is 75.4 cm³/mol. The summed E-state index contributed by atoms with van der Waals surface area (Å²) in [7, 11) is 1.66. The predicted octanol–water partition coefficient (Wildman–Crippen LogP) is 1.24. The summed E-state index contributed by atoms with van der Waals surface area (Å²) in [6, 6.07) is 2.10. The maximum atomic E-state index is 5.71. The van der Waals surface area contributed by atoms with E-state index in [1.165, 1.54) is 0 Å². The summed E-state index contributed by atoms with van der Waals surface area (Å²) in [6.07, 6.45) is 3.58. The summed E-state index contributed by atoms with van der Waals surface area (Å²) >= 11 is 0. The lowest BCUT2D eigenvalue weighted by Gasteiger charge is -2.16. The van der Waals surface area contributed by atoms with Crippen LogP contribution < -0.4 is 11.1 Å². The van der Waals surface area contributed by atoms with Gasteiger partial charge in [0.1, 0.15) is 5.52 Å². The summed E-state index contributed by atoms with van der Waals surface area (Å²) in [5.41, 5.74) is 7.72. The van der Waals surface area contributed by atoms with Gasteiger partial charge in [0, 0.05) is 26.0 Å². The van der Waals surface area contributed by atoms with Gasteiger partial charge >= 0.3 is 0 Å². The quantitative estimate of drug-likeness (QED) is 0.820. The second kappa shape index (κ2) is 5.99. The molecule has 0 aromatic carbocycles. The minimum atomic E-state index is 0.0427. The van der Waals surface area contributed by atoms with Crippen LogP contribution in [0, 0.1) is 0 Å². The monoisotopic (exact) mass is 263 g/mol. The fourth-order valence-corrected chi connectivity index (χ4v) is 1.90. The highest BCUT2D eigenvalue weighted by Crippen LogP contribution is 2.20. The van der Waals surface area contributed by atoms with Gasteiger partial charge in [-0.1, -0.05) is 13.8 Å². The third-order valence-electron chi connectivity index (χ3n) is 2.99. The molecule has 0 saturated carbocycles. The second-order valence-electron chi connectivity index (χ2n) is 4.86. The lowest BCUT2D eigenvalue weighted by atomic mass is 10.1. The molecule has 0 spiro atoms. The highest BCUT2D eigenvalue weighted by atomic mass is 16.5. The van der Waals surface area contributed by atoms with Crippen LogP contribution in [-0.2, 0) is 4.74 Å². The summed E-state index contributed by atoms with van der Waals surface area (Å²) in [6.45, 7) is 5.28. The van der Waals surface area contributed by atoms with Crippen molar-refractivity contribution in [2.75, 3.05) is 25.6 Å². The van der Waals surface area contributed by atoms with Gasteiger partial charge in [0.25, 0.3) is 0 Å². The number of nitrogens with two attached hydrogens (primary N) is 1. The molecule has 0 aliphatic rings. The molecule has 2 aromatic rings. The van der Waals surface area contributed by atoms with Gasteiger partial charge in [-0.05, 0) is 12.0 Å². The Bertz CT molecular complexity index is 537. The molecule has 0 aliphatic heterocycles. The molecule has 104 valence electrons. The average Bonchev–Trinajstić information content (AvgIpc) is 2.83. The molecule has 0 fully saturated rings. The molecule has 3 N–H and O–H groups in total. The van der Waals surface area contributed by atoms with E-state index in [9.17, 15) is 0 Å². The zero-order valence-electron chi connectivity index (χ0n) is 11.6. The van der Waals surface area contributed by atoms with Crippen molar-refractivity contribution < 1.29 is 4.74 Å². The Balaban J connectivity index is 2.32. The lowest BCUT2D eigenvalue weighted by Crippen LogP contribution is -2.33. The molecule has 19 heavy (non-hydrogen) atoms. The number of ether oxygens (including phenoxy) is 1.